The molecule has 0 bridgehead atoms. The molecule has 5 heteroatoms. The maximum absolute atomic E-state index is 11.8. The van der Waals surface area contributed by atoms with Gasteiger partial charge in [-0.1, -0.05) is 4.57 Å². The van der Waals surface area contributed by atoms with E-state index in [2.05, 4.69) is 0 Å². The van der Waals surface area contributed by atoms with Crippen molar-refractivity contribution in [3.8, 4) is 0 Å². The molecule has 1 unspecified atom stereocenters. The molecule has 0 N–H and O–H groups in total. The van der Waals surface area contributed by atoms with Crippen LogP contribution in [-0.4, -0.2) is 30.2 Å². The Bertz CT molecular complexity index is 236. The Balaban J connectivity index is 4.02. The Morgan fingerprint density at radius 1 is 1.40 bits per heavy atom. The molecule has 0 aromatic carbocycles. The largest absolute Gasteiger partial charge is 0.415 e. The molecule has 0 saturated heterocycles. The average Bonchev–Trinajstić information content (AvgIpc) is 2.00. The van der Waals surface area contributed by atoms with E-state index in [9.17, 15) is 9.36 Å². The molecule has 0 aromatic rings. The van der Waals surface area contributed by atoms with E-state index in [1.165, 1.54) is 6.92 Å². The first-order valence-corrected chi connectivity index (χ1v) is 6.46. The van der Waals surface area contributed by atoms with Crippen molar-refractivity contribution in [1.29, 1.82) is 0 Å². The van der Waals surface area contributed by atoms with E-state index in [1.54, 1.807) is 13.8 Å². The summed E-state index contributed by atoms with van der Waals surface area (Å²) in [5.74, 6) is -0.409. The Kier molecular flexibility index (Phi) is 5.99. The van der Waals surface area contributed by atoms with Gasteiger partial charge in [-0.25, -0.2) is 0 Å². The van der Waals surface area contributed by atoms with Gasteiger partial charge in [-0.2, -0.15) is 0 Å². The van der Waals surface area contributed by atoms with E-state index in [4.69, 9.17) is 9.47 Å². The summed E-state index contributed by atoms with van der Waals surface area (Å²) in [6.07, 6.45) is 0.540. The standard InChI is InChI=1S/C10H20O4P/c1-8(2)13-6-7-15(12)10(4,5)14-9(3)11/h8H,6-7H2,1-5H3/q+1. The molecule has 0 spiro atoms. The van der Waals surface area contributed by atoms with Gasteiger partial charge in [0, 0.05) is 20.8 Å². The highest BCUT2D eigenvalue weighted by atomic mass is 31.1. The van der Waals surface area contributed by atoms with Crippen LogP contribution in [0.15, 0.2) is 0 Å². The lowest BCUT2D eigenvalue weighted by molar-refractivity contribution is -0.147. The molecule has 1 atom stereocenters. The summed E-state index contributed by atoms with van der Waals surface area (Å²) in [6.45, 7) is 8.90. The highest BCUT2D eigenvalue weighted by Crippen LogP contribution is 2.39. The lowest BCUT2D eigenvalue weighted by Gasteiger charge is -2.13. The second-order valence-corrected chi connectivity index (χ2v) is 6.34. The molecular formula is C10H20O4P+. The summed E-state index contributed by atoms with van der Waals surface area (Å²) in [5, 5.41) is -0.901. The van der Waals surface area contributed by atoms with Crippen molar-refractivity contribution in [2.75, 3.05) is 12.8 Å². The highest BCUT2D eigenvalue weighted by Gasteiger charge is 2.42. The molecule has 0 heterocycles. The summed E-state index contributed by atoms with van der Waals surface area (Å²) in [7, 11) is -1.61. The van der Waals surface area contributed by atoms with Gasteiger partial charge < -0.3 is 9.47 Å². The minimum absolute atomic E-state index is 0.130. The highest BCUT2D eigenvalue weighted by molar-refractivity contribution is 7.46. The number of rotatable bonds is 6. The van der Waals surface area contributed by atoms with Gasteiger partial charge in [0.1, 0.15) is 0 Å². The molecule has 0 aromatic heterocycles. The van der Waals surface area contributed by atoms with E-state index in [0.29, 0.717) is 12.8 Å². The van der Waals surface area contributed by atoms with Crippen LogP contribution >= 0.6 is 7.80 Å². The lowest BCUT2D eigenvalue weighted by atomic mass is 10.4. The van der Waals surface area contributed by atoms with Crippen molar-refractivity contribution >= 4 is 13.8 Å². The van der Waals surface area contributed by atoms with Gasteiger partial charge in [-0.05, 0) is 13.8 Å². The van der Waals surface area contributed by atoms with Crippen LogP contribution in [0.25, 0.3) is 0 Å². The van der Waals surface area contributed by atoms with Crippen LogP contribution in [-0.2, 0) is 18.8 Å². The van der Waals surface area contributed by atoms with Crippen LogP contribution in [0.5, 0.6) is 0 Å². The van der Waals surface area contributed by atoms with E-state index in [1.807, 2.05) is 13.8 Å². The quantitative estimate of drug-likeness (QED) is 0.524. The number of carbonyl (C=O) groups excluding carboxylic acids is 1. The number of hydrogen-bond acceptors (Lipinski definition) is 4. The van der Waals surface area contributed by atoms with Gasteiger partial charge in [0.25, 0.3) is 5.34 Å². The zero-order chi connectivity index (χ0) is 12.1. The molecule has 0 rings (SSSR count). The van der Waals surface area contributed by atoms with Crippen molar-refractivity contribution in [3.05, 3.63) is 0 Å². The first kappa shape index (κ1) is 14.5. The van der Waals surface area contributed by atoms with Gasteiger partial charge in [-0.3, -0.25) is 4.79 Å². The minimum atomic E-state index is -1.61. The monoisotopic (exact) mass is 235 g/mol. The van der Waals surface area contributed by atoms with E-state index >= 15 is 0 Å². The van der Waals surface area contributed by atoms with Crippen LogP contribution in [0.4, 0.5) is 0 Å². The Morgan fingerprint density at radius 2 is 1.93 bits per heavy atom. The minimum Gasteiger partial charge on any atom is -0.415 e. The van der Waals surface area contributed by atoms with Crippen molar-refractivity contribution in [1.82, 2.24) is 0 Å². The Morgan fingerprint density at radius 3 is 2.33 bits per heavy atom. The molecular weight excluding hydrogens is 215 g/mol. The second kappa shape index (κ2) is 6.19. The van der Waals surface area contributed by atoms with Crippen molar-refractivity contribution < 1.29 is 18.8 Å². The topological polar surface area (TPSA) is 52.6 Å². The first-order valence-electron chi connectivity index (χ1n) is 5.01. The van der Waals surface area contributed by atoms with Crippen LogP contribution < -0.4 is 0 Å². The van der Waals surface area contributed by atoms with Crippen molar-refractivity contribution in [3.63, 3.8) is 0 Å². The number of esters is 1. The Labute approximate surface area is 92.1 Å². The van der Waals surface area contributed by atoms with Crippen LogP contribution in [0.3, 0.4) is 0 Å². The summed E-state index contributed by atoms with van der Waals surface area (Å²) >= 11 is 0. The van der Waals surface area contributed by atoms with Crippen LogP contribution in [0.1, 0.15) is 34.6 Å². The predicted octanol–water partition coefficient (Wildman–Crippen LogP) is 2.54. The number of hydrogen-bond donors (Lipinski definition) is 0. The van der Waals surface area contributed by atoms with Crippen molar-refractivity contribution in [2.24, 2.45) is 0 Å². The molecule has 0 aliphatic rings. The molecule has 0 aliphatic carbocycles. The zero-order valence-electron chi connectivity index (χ0n) is 10.1. The molecule has 15 heavy (non-hydrogen) atoms. The molecule has 0 fully saturated rings. The van der Waals surface area contributed by atoms with Crippen LogP contribution in [0, 0.1) is 0 Å². The summed E-state index contributed by atoms with van der Waals surface area (Å²) < 4.78 is 22.0. The van der Waals surface area contributed by atoms with E-state index in [0.717, 1.165) is 0 Å². The SMILES string of the molecule is CC(=O)OC(C)(C)[P+](=O)CCOC(C)C. The zero-order valence-corrected chi connectivity index (χ0v) is 11.0. The lowest BCUT2D eigenvalue weighted by Crippen LogP contribution is -2.24. The average molecular weight is 235 g/mol. The fourth-order valence-corrected chi connectivity index (χ4v) is 2.08. The third-order valence-electron chi connectivity index (χ3n) is 1.74. The third-order valence-corrected chi connectivity index (χ3v) is 3.62. The summed E-state index contributed by atoms with van der Waals surface area (Å²) in [4.78, 5) is 10.8. The van der Waals surface area contributed by atoms with E-state index in [-0.39, 0.29) is 6.10 Å². The normalized spacial score (nSPS) is 12.8. The predicted molar refractivity (Wildman–Crippen MR) is 59.4 cm³/mol. The fraction of sp³-hybridized carbons (Fsp3) is 0.900. The van der Waals surface area contributed by atoms with Gasteiger partial charge in [0.2, 0.25) is 0 Å². The third kappa shape index (κ3) is 6.58. The first-order chi connectivity index (χ1) is 6.75. The molecule has 0 aliphatic heterocycles. The molecule has 88 valence electrons. The maximum atomic E-state index is 11.8. The van der Waals surface area contributed by atoms with Gasteiger partial charge >= 0.3 is 13.8 Å². The van der Waals surface area contributed by atoms with Gasteiger partial charge in [-0.15, -0.1) is 0 Å². The molecule has 0 radical (unpaired) electrons. The molecule has 0 amide bonds. The molecule has 0 saturated carbocycles. The summed E-state index contributed by atoms with van der Waals surface area (Å²) in [6, 6.07) is 0. The van der Waals surface area contributed by atoms with Crippen LogP contribution in [0.2, 0.25) is 0 Å². The van der Waals surface area contributed by atoms with E-state index < -0.39 is 19.1 Å². The Hall–Kier alpha value is -0.470. The summed E-state index contributed by atoms with van der Waals surface area (Å²) in [5.41, 5.74) is 0. The maximum Gasteiger partial charge on any atom is 0.387 e. The fourth-order valence-electron chi connectivity index (χ4n) is 1.04. The number of ether oxygens (including phenoxy) is 2. The second-order valence-electron chi connectivity index (χ2n) is 4.06. The molecule has 4 nitrogen and oxygen atoms in total. The van der Waals surface area contributed by atoms with Gasteiger partial charge in [0.15, 0.2) is 6.16 Å². The number of carbonyl (C=O) groups is 1. The smallest absolute Gasteiger partial charge is 0.387 e. The van der Waals surface area contributed by atoms with Crippen molar-refractivity contribution in [2.45, 2.75) is 46.1 Å². The van der Waals surface area contributed by atoms with Gasteiger partial charge in [0.05, 0.1) is 12.7 Å².